The first-order chi connectivity index (χ1) is 14.2. The lowest BCUT2D eigenvalue weighted by Gasteiger charge is -2.35. The summed E-state index contributed by atoms with van der Waals surface area (Å²) in [7, 11) is 0. The zero-order chi connectivity index (χ0) is 19.8. The molecule has 2 aromatic heterocycles. The number of nitrogens with zero attached hydrogens (tertiary/aromatic N) is 5. The quantitative estimate of drug-likeness (QED) is 0.427. The van der Waals surface area contributed by atoms with Crippen molar-refractivity contribution < 1.29 is 0 Å². The molecule has 0 saturated carbocycles. The van der Waals surface area contributed by atoms with Crippen LogP contribution in [0.5, 0.6) is 0 Å². The zero-order valence-corrected chi connectivity index (χ0v) is 19.8. The van der Waals surface area contributed by atoms with Crippen molar-refractivity contribution in [1.29, 1.82) is 0 Å². The Hall–Kier alpha value is -2.19. The van der Waals surface area contributed by atoms with Crippen LogP contribution in [0.15, 0.2) is 48.8 Å². The molecule has 0 bridgehead atoms. The highest BCUT2D eigenvalue weighted by molar-refractivity contribution is 7.71. The maximum absolute atomic E-state index is 5.47. The zero-order valence-electron chi connectivity index (χ0n) is 17.3. The Bertz CT molecular complexity index is 1220. The molecule has 1 aliphatic rings. The Kier molecular flexibility index (Phi) is 7.54. The number of piperazine rings is 1. The van der Waals surface area contributed by atoms with E-state index in [1.807, 2.05) is 0 Å². The summed E-state index contributed by atoms with van der Waals surface area (Å²) in [6, 6.07) is 15.0. The predicted molar refractivity (Wildman–Crippen MR) is 134 cm³/mol. The summed E-state index contributed by atoms with van der Waals surface area (Å²) < 4.78 is 2.86. The van der Waals surface area contributed by atoms with Crippen molar-refractivity contribution in [3.8, 4) is 0 Å². The number of hydrogen-bond acceptors (Lipinski definition) is 5. The molecule has 1 aliphatic heterocycles. The van der Waals surface area contributed by atoms with Crippen LogP contribution in [0.3, 0.4) is 0 Å². The number of hydrogen-bond donors (Lipinski definition) is 1. The van der Waals surface area contributed by atoms with Gasteiger partial charge >= 0.3 is 0 Å². The van der Waals surface area contributed by atoms with Crippen LogP contribution >= 0.6 is 37.0 Å². The van der Waals surface area contributed by atoms with E-state index in [4.69, 9.17) is 12.2 Å². The molecule has 0 atom stereocenters. The maximum atomic E-state index is 5.47. The summed E-state index contributed by atoms with van der Waals surface area (Å²) in [5.74, 6) is 1.01. The van der Waals surface area contributed by atoms with Crippen LogP contribution in [-0.2, 0) is 13.1 Å². The van der Waals surface area contributed by atoms with Gasteiger partial charge in [0.15, 0.2) is 4.77 Å². The van der Waals surface area contributed by atoms with E-state index in [1.54, 1.807) is 6.33 Å². The van der Waals surface area contributed by atoms with Gasteiger partial charge in [-0.2, -0.15) is 0 Å². The Morgan fingerprint density at radius 3 is 2.45 bits per heavy atom. The van der Waals surface area contributed by atoms with Crippen LogP contribution in [0.4, 0.5) is 5.82 Å². The second kappa shape index (κ2) is 9.96. The van der Waals surface area contributed by atoms with Crippen molar-refractivity contribution in [1.82, 2.24) is 24.4 Å². The number of imidazole rings is 1. The van der Waals surface area contributed by atoms with Gasteiger partial charge in [0.1, 0.15) is 12.1 Å². The van der Waals surface area contributed by atoms with E-state index >= 15 is 0 Å². The first-order valence-electron chi connectivity index (χ1n) is 10.1. The van der Waals surface area contributed by atoms with Gasteiger partial charge in [-0.3, -0.25) is 4.90 Å². The highest BCUT2D eigenvalue weighted by Crippen LogP contribution is 2.28. The largest absolute Gasteiger partial charge is 0.353 e. The molecule has 4 aromatic rings. The third-order valence-corrected chi connectivity index (χ3v) is 6.07. The summed E-state index contributed by atoms with van der Waals surface area (Å²) >= 11 is 5.47. The molecule has 1 N–H and O–H groups in total. The van der Waals surface area contributed by atoms with Gasteiger partial charge in [0, 0.05) is 44.7 Å². The molecular formula is C22H26Cl2N6S. The molecule has 164 valence electrons. The van der Waals surface area contributed by atoms with Crippen molar-refractivity contribution in [3.05, 3.63) is 59.1 Å². The summed E-state index contributed by atoms with van der Waals surface area (Å²) in [4.78, 5) is 17.4. The molecule has 31 heavy (non-hydrogen) atoms. The smallest absolute Gasteiger partial charge is 0.178 e. The number of H-pyrrole nitrogens is 1. The van der Waals surface area contributed by atoms with Crippen LogP contribution in [0.25, 0.3) is 21.9 Å². The number of nitrogens with one attached hydrogen (secondary N) is 1. The Labute approximate surface area is 199 Å². The van der Waals surface area contributed by atoms with Gasteiger partial charge in [-0.15, -0.1) is 24.8 Å². The van der Waals surface area contributed by atoms with Gasteiger partial charge in [-0.25, -0.2) is 9.97 Å². The third kappa shape index (κ3) is 4.55. The van der Waals surface area contributed by atoms with Crippen molar-refractivity contribution in [2.24, 2.45) is 0 Å². The molecule has 5 rings (SSSR count). The Balaban J connectivity index is 0.00000136. The second-order valence-electron chi connectivity index (χ2n) is 7.51. The number of benzene rings is 2. The first-order valence-corrected chi connectivity index (χ1v) is 10.5. The Morgan fingerprint density at radius 2 is 1.74 bits per heavy atom. The second-order valence-corrected chi connectivity index (χ2v) is 7.89. The monoisotopic (exact) mass is 476 g/mol. The Morgan fingerprint density at radius 1 is 1.00 bits per heavy atom. The fourth-order valence-corrected chi connectivity index (χ4v) is 4.56. The van der Waals surface area contributed by atoms with E-state index in [2.05, 4.69) is 78.7 Å². The topological polar surface area (TPSA) is 53.0 Å². The predicted octanol–water partition coefficient (Wildman–Crippen LogP) is 4.83. The molecule has 1 saturated heterocycles. The molecule has 6 nitrogen and oxygen atoms in total. The molecular weight excluding hydrogens is 451 g/mol. The number of aryl methyl sites for hydroxylation is 1. The van der Waals surface area contributed by atoms with Crippen molar-refractivity contribution in [2.45, 2.75) is 20.0 Å². The number of anilines is 1. The van der Waals surface area contributed by atoms with Gasteiger partial charge in [0.25, 0.3) is 0 Å². The summed E-state index contributed by atoms with van der Waals surface area (Å²) in [6.45, 7) is 7.92. The normalized spacial score (nSPS) is 14.4. The summed E-state index contributed by atoms with van der Waals surface area (Å²) in [5.41, 5.74) is 4.47. The minimum atomic E-state index is 0. The van der Waals surface area contributed by atoms with E-state index in [9.17, 15) is 0 Å². The third-order valence-electron chi connectivity index (χ3n) is 5.75. The van der Waals surface area contributed by atoms with E-state index in [1.165, 1.54) is 5.56 Å². The van der Waals surface area contributed by atoms with Gasteiger partial charge in [-0.05, 0) is 36.8 Å². The molecule has 9 heteroatoms. The molecule has 1 fully saturated rings. The van der Waals surface area contributed by atoms with Gasteiger partial charge in [0.2, 0.25) is 0 Å². The minimum absolute atomic E-state index is 0. The minimum Gasteiger partial charge on any atom is -0.353 e. The van der Waals surface area contributed by atoms with Crippen LogP contribution in [0.1, 0.15) is 12.5 Å². The van der Waals surface area contributed by atoms with Crippen molar-refractivity contribution >= 4 is 64.8 Å². The van der Waals surface area contributed by atoms with Crippen molar-refractivity contribution in [3.63, 3.8) is 0 Å². The lowest BCUT2D eigenvalue weighted by atomic mass is 10.1. The average Bonchev–Trinajstić information content (AvgIpc) is 3.07. The van der Waals surface area contributed by atoms with Crippen LogP contribution < -0.4 is 4.90 Å². The molecule has 0 amide bonds. The summed E-state index contributed by atoms with van der Waals surface area (Å²) in [6.07, 6.45) is 1.68. The summed E-state index contributed by atoms with van der Waals surface area (Å²) in [5, 5.41) is 1.08. The molecule has 0 unspecified atom stereocenters. The first kappa shape index (κ1) is 23.5. The molecule has 0 aliphatic carbocycles. The fraction of sp³-hybridized carbons (Fsp3) is 0.318. The van der Waals surface area contributed by atoms with Gasteiger partial charge in [0.05, 0.1) is 16.6 Å². The highest BCUT2D eigenvalue weighted by atomic mass is 35.5. The van der Waals surface area contributed by atoms with Crippen LogP contribution in [0, 0.1) is 4.77 Å². The van der Waals surface area contributed by atoms with Gasteiger partial charge in [-0.1, -0.05) is 30.3 Å². The molecule has 3 heterocycles. The molecule has 0 radical (unpaired) electrons. The number of fused-ring (bicyclic) bond motifs is 2. The average molecular weight is 477 g/mol. The highest BCUT2D eigenvalue weighted by Gasteiger charge is 2.20. The number of rotatable bonds is 4. The van der Waals surface area contributed by atoms with E-state index in [0.717, 1.165) is 71.8 Å². The van der Waals surface area contributed by atoms with Crippen molar-refractivity contribution in [2.75, 3.05) is 31.1 Å². The van der Waals surface area contributed by atoms with Gasteiger partial charge < -0.3 is 14.5 Å². The molecule has 0 spiro atoms. The number of aromatic nitrogens is 4. The van der Waals surface area contributed by atoms with E-state index < -0.39 is 0 Å². The van der Waals surface area contributed by atoms with Crippen LogP contribution in [-0.4, -0.2) is 50.6 Å². The molecule has 2 aromatic carbocycles. The van der Waals surface area contributed by atoms with E-state index in [0.29, 0.717) is 0 Å². The lowest BCUT2D eigenvalue weighted by molar-refractivity contribution is 0.249. The number of halogens is 2. The fourth-order valence-electron chi connectivity index (χ4n) is 4.22. The lowest BCUT2D eigenvalue weighted by Crippen LogP contribution is -2.46. The standard InChI is InChI=1S/C22H24N6S.2ClH/c1-2-28-20-13-18-17(12-19(20)25-22(28)29)21(24-15-23-18)27-10-8-26(9-11-27)14-16-6-4-3-5-7-16;;/h3-7,12-13,15H,2,8-11,14H2,1H3,(H,25,29);2*1H. The maximum Gasteiger partial charge on any atom is 0.178 e. The van der Waals surface area contributed by atoms with Crippen LogP contribution in [0.2, 0.25) is 0 Å². The van der Waals surface area contributed by atoms with E-state index in [-0.39, 0.29) is 24.8 Å². The SMILES string of the molecule is CCn1c(=S)[nH]c2cc3c(N4CCN(Cc5ccccc5)CC4)ncnc3cc21.Cl.Cl. The number of aromatic amines is 1.